The van der Waals surface area contributed by atoms with Crippen molar-refractivity contribution in [2.75, 3.05) is 18.9 Å². The van der Waals surface area contributed by atoms with Gasteiger partial charge in [0.1, 0.15) is 0 Å². The van der Waals surface area contributed by atoms with Crippen LogP contribution in [0.5, 0.6) is 0 Å². The van der Waals surface area contributed by atoms with Gasteiger partial charge in [-0.15, -0.1) is 0 Å². The number of anilines is 1. The highest BCUT2D eigenvalue weighted by Crippen LogP contribution is 2.19. The number of hydrogen-bond donors (Lipinski definition) is 2. The maximum atomic E-state index is 11.4. The zero-order chi connectivity index (χ0) is 11.3. The van der Waals surface area contributed by atoms with Gasteiger partial charge in [0.25, 0.3) is 0 Å². The van der Waals surface area contributed by atoms with E-state index in [-0.39, 0.29) is 18.8 Å². The molecule has 0 unspecified atom stereocenters. The Kier molecular flexibility index (Phi) is 4.39. The van der Waals surface area contributed by atoms with Crippen molar-refractivity contribution in [1.29, 1.82) is 0 Å². The van der Waals surface area contributed by atoms with Crippen LogP contribution < -0.4 is 5.73 Å². The Morgan fingerprint density at radius 2 is 2.27 bits per heavy atom. The molecule has 4 nitrogen and oxygen atoms in total. The molecular formula is C10H12ClNO3. The third kappa shape index (κ3) is 3.42. The number of aliphatic hydroxyl groups excluding tert-OH is 1. The molecule has 0 aromatic heterocycles. The highest BCUT2D eigenvalue weighted by atomic mass is 35.5. The lowest BCUT2D eigenvalue weighted by Crippen LogP contribution is -2.08. The maximum Gasteiger partial charge on any atom is 0.339 e. The van der Waals surface area contributed by atoms with Crippen molar-refractivity contribution in [3.05, 3.63) is 28.8 Å². The van der Waals surface area contributed by atoms with Gasteiger partial charge in [0.05, 0.1) is 17.2 Å². The van der Waals surface area contributed by atoms with E-state index in [0.717, 1.165) is 0 Å². The summed E-state index contributed by atoms with van der Waals surface area (Å²) in [6.07, 6.45) is 0.408. The topological polar surface area (TPSA) is 72.6 Å². The minimum atomic E-state index is -0.527. The number of ether oxygens (including phenoxy) is 1. The Hall–Kier alpha value is -1.26. The fourth-order valence-corrected chi connectivity index (χ4v) is 1.20. The van der Waals surface area contributed by atoms with Gasteiger partial charge in [-0.2, -0.15) is 0 Å². The number of rotatable bonds is 4. The summed E-state index contributed by atoms with van der Waals surface area (Å²) in [5.41, 5.74) is 6.21. The van der Waals surface area contributed by atoms with Crippen molar-refractivity contribution in [3.63, 3.8) is 0 Å². The molecule has 5 heteroatoms. The van der Waals surface area contributed by atoms with Crippen molar-refractivity contribution >= 4 is 23.3 Å². The Morgan fingerprint density at radius 3 is 2.93 bits per heavy atom. The first-order valence-electron chi connectivity index (χ1n) is 4.48. The molecule has 15 heavy (non-hydrogen) atoms. The molecule has 0 atom stereocenters. The molecule has 0 heterocycles. The van der Waals surface area contributed by atoms with Crippen LogP contribution in [0, 0.1) is 0 Å². The summed E-state index contributed by atoms with van der Waals surface area (Å²) < 4.78 is 4.87. The zero-order valence-electron chi connectivity index (χ0n) is 8.07. The van der Waals surface area contributed by atoms with E-state index in [1.54, 1.807) is 12.1 Å². The molecule has 3 N–H and O–H groups in total. The van der Waals surface area contributed by atoms with Crippen molar-refractivity contribution in [2.24, 2.45) is 0 Å². The number of hydrogen-bond acceptors (Lipinski definition) is 4. The van der Waals surface area contributed by atoms with Gasteiger partial charge < -0.3 is 15.6 Å². The Labute approximate surface area is 92.6 Å². The minimum absolute atomic E-state index is 0.0159. The van der Waals surface area contributed by atoms with E-state index in [0.29, 0.717) is 17.1 Å². The average Bonchev–Trinajstić information content (AvgIpc) is 2.22. The van der Waals surface area contributed by atoms with Gasteiger partial charge in [-0.25, -0.2) is 4.79 Å². The molecule has 0 aliphatic heterocycles. The standard InChI is InChI=1S/C10H12ClNO3/c11-9-3-2-7(12)6-8(9)10(14)15-5-1-4-13/h2-3,6,13H,1,4-5,12H2. The van der Waals surface area contributed by atoms with E-state index in [9.17, 15) is 4.79 Å². The minimum Gasteiger partial charge on any atom is -0.462 e. The first-order chi connectivity index (χ1) is 7.15. The summed E-state index contributed by atoms with van der Waals surface area (Å²) in [7, 11) is 0. The fourth-order valence-electron chi connectivity index (χ4n) is 1.01. The van der Waals surface area contributed by atoms with Gasteiger partial charge in [0.15, 0.2) is 0 Å². The fraction of sp³-hybridized carbons (Fsp3) is 0.300. The molecule has 0 aliphatic rings. The normalized spacial score (nSPS) is 10.0. The molecular weight excluding hydrogens is 218 g/mol. The van der Waals surface area contributed by atoms with E-state index >= 15 is 0 Å². The van der Waals surface area contributed by atoms with Crippen molar-refractivity contribution in [3.8, 4) is 0 Å². The largest absolute Gasteiger partial charge is 0.462 e. The van der Waals surface area contributed by atoms with Crippen LogP contribution in [0.25, 0.3) is 0 Å². The summed E-state index contributed by atoms with van der Waals surface area (Å²) in [5, 5.41) is 8.81. The van der Waals surface area contributed by atoms with Crippen LogP contribution in [0.15, 0.2) is 18.2 Å². The van der Waals surface area contributed by atoms with E-state index < -0.39 is 5.97 Å². The van der Waals surface area contributed by atoms with Gasteiger partial charge in [0.2, 0.25) is 0 Å². The molecule has 1 aromatic carbocycles. The number of nitrogen functional groups attached to an aromatic ring is 1. The predicted octanol–water partition coefficient (Wildman–Crippen LogP) is 1.46. The lowest BCUT2D eigenvalue weighted by molar-refractivity contribution is 0.0482. The number of nitrogens with two attached hydrogens (primary N) is 1. The third-order valence-corrected chi connectivity index (χ3v) is 2.08. The van der Waals surface area contributed by atoms with Crippen LogP contribution in [0.1, 0.15) is 16.8 Å². The zero-order valence-corrected chi connectivity index (χ0v) is 8.83. The maximum absolute atomic E-state index is 11.4. The second kappa shape index (κ2) is 5.58. The Morgan fingerprint density at radius 1 is 1.53 bits per heavy atom. The molecule has 0 saturated carbocycles. The monoisotopic (exact) mass is 229 g/mol. The van der Waals surface area contributed by atoms with Crippen molar-refractivity contribution in [1.82, 2.24) is 0 Å². The average molecular weight is 230 g/mol. The van der Waals surface area contributed by atoms with Crippen LogP contribution in [0.4, 0.5) is 5.69 Å². The summed E-state index contributed by atoms with van der Waals surface area (Å²) in [6.45, 7) is 0.151. The highest BCUT2D eigenvalue weighted by molar-refractivity contribution is 6.33. The number of halogens is 1. The Balaban J connectivity index is 2.68. The van der Waals surface area contributed by atoms with Crippen molar-refractivity contribution < 1.29 is 14.6 Å². The van der Waals surface area contributed by atoms with Crippen molar-refractivity contribution in [2.45, 2.75) is 6.42 Å². The summed E-state index contributed by atoms with van der Waals surface area (Å²) in [5.74, 6) is -0.527. The molecule has 82 valence electrons. The van der Waals surface area contributed by atoms with Gasteiger partial charge in [-0.1, -0.05) is 11.6 Å². The summed E-state index contributed by atoms with van der Waals surface area (Å²) in [4.78, 5) is 11.4. The quantitative estimate of drug-likeness (QED) is 0.466. The van der Waals surface area contributed by atoms with Crippen LogP contribution >= 0.6 is 11.6 Å². The van der Waals surface area contributed by atoms with E-state index in [2.05, 4.69) is 0 Å². The number of carbonyl (C=O) groups excluding carboxylic acids is 1. The van der Waals surface area contributed by atoms with Gasteiger partial charge >= 0.3 is 5.97 Å². The molecule has 0 bridgehead atoms. The Bertz CT molecular complexity index is 355. The molecule has 0 aliphatic carbocycles. The molecule has 0 fully saturated rings. The van der Waals surface area contributed by atoms with Crippen LogP contribution in [-0.4, -0.2) is 24.3 Å². The van der Waals surface area contributed by atoms with Crippen LogP contribution in [-0.2, 0) is 4.74 Å². The van der Waals surface area contributed by atoms with E-state index in [1.807, 2.05) is 0 Å². The molecule has 0 radical (unpaired) electrons. The number of aliphatic hydroxyl groups is 1. The second-order valence-electron chi connectivity index (χ2n) is 2.95. The van der Waals surface area contributed by atoms with E-state index in [1.165, 1.54) is 6.07 Å². The van der Waals surface area contributed by atoms with E-state index in [4.69, 9.17) is 27.2 Å². The summed E-state index contributed by atoms with van der Waals surface area (Å²) in [6, 6.07) is 4.61. The van der Waals surface area contributed by atoms with Gasteiger partial charge in [-0.05, 0) is 18.2 Å². The number of carbonyl (C=O) groups is 1. The smallest absolute Gasteiger partial charge is 0.339 e. The van der Waals surface area contributed by atoms with Crippen LogP contribution in [0.2, 0.25) is 5.02 Å². The molecule has 1 rings (SSSR count). The predicted molar refractivity (Wildman–Crippen MR) is 57.8 cm³/mol. The second-order valence-corrected chi connectivity index (χ2v) is 3.36. The summed E-state index contributed by atoms with van der Waals surface area (Å²) >= 11 is 5.80. The number of esters is 1. The first kappa shape index (κ1) is 11.8. The molecule has 1 aromatic rings. The SMILES string of the molecule is Nc1ccc(Cl)c(C(=O)OCCCO)c1. The van der Waals surface area contributed by atoms with Gasteiger partial charge in [0, 0.05) is 18.7 Å². The van der Waals surface area contributed by atoms with Gasteiger partial charge in [-0.3, -0.25) is 0 Å². The molecule has 0 saturated heterocycles. The lowest BCUT2D eigenvalue weighted by Gasteiger charge is -2.05. The third-order valence-electron chi connectivity index (χ3n) is 1.75. The lowest BCUT2D eigenvalue weighted by atomic mass is 10.2. The van der Waals surface area contributed by atoms with Crippen LogP contribution in [0.3, 0.4) is 0 Å². The number of benzene rings is 1. The highest BCUT2D eigenvalue weighted by Gasteiger charge is 2.11. The molecule has 0 spiro atoms. The first-order valence-corrected chi connectivity index (χ1v) is 4.86. The molecule has 0 amide bonds.